The lowest BCUT2D eigenvalue weighted by Gasteiger charge is -2.10. The van der Waals surface area contributed by atoms with Crippen LogP contribution >= 0.6 is 23.1 Å². The third-order valence-corrected chi connectivity index (χ3v) is 8.02. The molecular formula is C28H34N4O5S2. The molecule has 1 heterocycles. The number of rotatable bonds is 14. The Morgan fingerprint density at radius 2 is 2.03 bits per heavy atom. The van der Waals surface area contributed by atoms with Crippen molar-refractivity contribution in [2.24, 2.45) is 5.16 Å². The number of carbonyl (C=O) groups excluding carboxylic acids is 2. The van der Waals surface area contributed by atoms with Gasteiger partial charge in [0.25, 0.3) is 5.91 Å². The number of likely N-dealkylation sites (N-methyl/N-ethyl adjacent to an activating group) is 1. The fraction of sp³-hybridized carbons (Fsp3) is 0.429. The number of nitrogens with zero attached hydrogens (tertiary/aromatic N) is 3. The van der Waals surface area contributed by atoms with E-state index in [-0.39, 0.29) is 17.6 Å². The number of aromatic nitrogens is 1. The molecule has 3 aromatic rings. The second kappa shape index (κ2) is 14.4. The van der Waals surface area contributed by atoms with Crippen LogP contribution in [0.1, 0.15) is 31.2 Å². The van der Waals surface area contributed by atoms with Gasteiger partial charge in [0.15, 0.2) is 10.8 Å². The molecule has 1 aromatic heterocycles. The molecule has 4 rings (SSSR count). The third kappa shape index (κ3) is 8.76. The molecule has 9 nitrogen and oxygen atoms in total. The maximum Gasteiger partial charge on any atom is 0.280 e. The second-order valence-electron chi connectivity index (χ2n) is 9.42. The SMILES string of the molecule is COCCCSc1ccc(/C(=N\O[C@@H]2CCC(=O)C2)C(=O)Nc2nc3ccc(OCCN(C)C)cc3s2)cc1. The van der Waals surface area contributed by atoms with Crippen LogP contribution in [-0.4, -0.2) is 80.1 Å². The number of thioether (sulfide) groups is 1. The summed E-state index contributed by atoms with van der Waals surface area (Å²) in [4.78, 5) is 38.4. The fourth-order valence-corrected chi connectivity index (χ4v) is 5.59. The molecule has 1 atom stereocenters. The number of benzene rings is 2. The highest BCUT2D eigenvalue weighted by Crippen LogP contribution is 2.30. The first-order valence-electron chi connectivity index (χ1n) is 12.9. The highest BCUT2D eigenvalue weighted by atomic mass is 32.2. The smallest absolute Gasteiger partial charge is 0.280 e. The van der Waals surface area contributed by atoms with Crippen molar-refractivity contribution < 1.29 is 23.9 Å². The number of Topliss-reactive ketones (excluding diaryl/α,β-unsaturated/α-hetero) is 1. The van der Waals surface area contributed by atoms with Gasteiger partial charge in [-0.05, 0) is 57.3 Å². The molecule has 0 saturated heterocycles. The van der Waals surface area contributed by atoms with Gasteiger partial charge in [0, 0.05) is 49.3 Å². The van der Waals surface area contributed by atoms with Crippen molar-refractivity contribution >= 4 is 55.8 Å². The monoisotopic (exact) mass is 570 g/mol. The lowest BCUT2D eigenvalue weighted by Crippen LogP contribution is -2.25. The summed E-state index contributed by atoms with van der Waals surface area (Å²) in [5, 5.41) is 7.55. The minimum Gasteiger partial charge on any atom is -0.492 e. The van der Waals surface area contributed by atoms with Crippen molar-refractivity contribution in [3.63, 3.8) is 0 Å². The molecule has 0 bridgehead atoms. The number of fused-ring (bicyclic) bond motifs is 1. The van der Waals surface area contributed by atoms with Crippen molar-refractivity contribution in [2.75, 3.05) is 52.0 Å². The largest absolute Gasteiger partial charge is 0.492 e. The molecule has 0 radical (unpaired) electrons. The zero-order valence-corrected chi connectivity index (χ0v) is 24.1. The Morgan fingerprint density at radius 3 is 2.74 bits per heavy atom. The number of ketones is 1. The summed E-state index contributed by atoms with van der Waals surface area (Å²) < 4.78 is 11.8. The molecule has 1 aliphatic rings. The Morgan fingerprint density at radius 1 is 1.21 bits per heavy atom. The Bertz CT molecular complexity index is 1290. The lowest BCUT2D eigenvalue weighted by molar-refractivity contribution is -0.118. The van der Waals surface area contributed by atoms with Crippen LogP contribution in [0.5, 0.6) is 5.75 Å². The van der Waals surface area contributed by atoms with Crippen LogP contribution in [-0.2, 0) is 19.2 Å². The summed E-state index contributed by atoms with van der Waals surface area (Å²) in [6, 6.07) is 13.3. The van der Waals surface area contributed by atoms with Crippen LogP contribution in [0.15, 0.2) is 52.5 Å². The number of hydrogen-bond acceptors (Lipinski definition) is 10. The van der Waals surface area contributed by atoms with Crippen molar-refractivity contribution in [1.29, 1.82) is 0 Å². The number of methoxy groups -OCH3 is 1. The number of thiazole rings is 1. The van der Waals surface area contributed by atoms with Crippen molar-refractivity contribution in [3.8, 4) is 5.75 Å². The van der Waals surface area contributed by atoms with Crippen LogP contribution in [0.2, 0.25) is 0 Å². The summed E-state index contributed by atoms with van der Waals surface area (Å²) in [6.07, 6.45) is 2.03. The molecule has 1 saturated carbocycles. The van der Waals surface area contributed by atoms with Crippen LogP contribution in [0.4, 0.5) is 5.13 Å². The van der Waals surface area contributed by atoms with Crippen LogP contribution in [0.25, 0.3) is 10.2 Å². The molecule has 208 valence electrons. The van der Waals surface area contributed by atoms with Crippen molar-refractivity contribution in [3.05, 3.63) is 48.0 Å². The number of anilines is 1. The molecule has 39 heavy (non-hydrogen) atoms. The molecular weight excluding hydrogens is 536 g/mol. The molecule has 0 aliphatic heterocycles. The summed E-state index contributed by atoms with van der Waals surface area (Å²) in [5.74, 6) is 1.41. The normalized spacial score (nSPS) is 15.7. The first kappa shape index (κ1) is 29.0. The van der Waals surface area contributed by atoms with E-state index in [0.29, 0.717) is 36.6 Å². The standard InChI is InChI=1S/C28H34N4O5S2/c1-32(2)13-15-36-21-9-12-24-25(18-21)39-28(29-24)30-27(34)26(31-37-22-8-7-20(33)17-22)19-5-10-23(11-6-19)38-16-4-14-35-3/h5-6,9-12,18,22H,4,7-8,13-17H2,1-3H3,(H,29,30,34)/b31-26+/t22-/m1/s1. The fourth-order valence-electron chi connectivity index (χ4n) is 3.88. The molecule has 1 fully saturated rings. The van der Waals surface area contributed by atoms with Gasteiger partial charge in [0.1, 0.15) is 24.2 Å². The zero-order chi connectivity index (χ0) is 27.6. The molecule has 1 aliphatic carbocycles. The second-order valence-corrected chi connectivity index (χ2v) is 11.6. The van der Waals surface area contributed by atoms with Gasteiger partial charge in [-0.2, -0.15) is 0 Å². The topological polar surface area (TPSA) is 102 Å². The third-order valence-electron chi connectivity index (χ3n) is 5.99. The highest BCUT2D eigenvalue weighted by Gasteiger charge is 2.25. The van der Waals surface area contributed by atoms with E-state index in [1.807, 2.05) is 56.6 Å². The summed E-state index contributed by atoms with van der Waals surface area (Å²) >= 11 is 3.09. The predicted octanol–water partition coefficient (Wildman–Crippen LogP) is 4.85. The Labute approximate surface area is 236 Å². The van der Waals surface area contributed by atoms with E-state index in [2.05, 4.69) is 20.4 Å². The van der Waals surface area contributed by atoms with Gasteiger partial charge in [-0.1, -0.05) is 28.6 Å². The van der Waals surface area contributed by atoms with E-state index in [4.69, 9.17) is 14.3 Å². The minimum atomic E-state index is -0.429. The Hall–Kier alpha value is -2.99. The summed E-state index contributed by atoms with van der Waals surface area (Å²) in [5.41, 5.74) is 1.53. The first-order chi connectivity index (χ1) is 18.9. The molecule has 1 N–H and O–H groups in total. The van der Waals surface area contributed by atoms with Crippen molar-refractivity contribution in [1.82, 2.24) is 9.88 Å². The van der Waals surface area contributed by atoms with E-state index >= 15 is 0 Å². The average Bonchev–Trinajstić information content (AvgIpc) is 3.52. The van der Waals surface area contributed by atoms with E-state index < -0.39 is 5.91 Å². The van der Waals surface area contributed by atoms with Gasteiger partial charge in [-0.3, -0.25) is 14.9 Å². The predicted molar refractivity (Wildman–Crippen MR) is 156 cm³/mol. The van der Waals surface area contributed by atoms with Gasteiger partial charge in [0.05, 0.1) is 10.2 Å². The summed E-state index contributed by atoms with van der Waals surface area (Å²) in [6.45, 7) is 2.12. The first-order valence-corrected chi connectivity index (χ1v) is 14.7. The molecule has 1 amide bonds. The number of carbonyl (C=O) groups is 2. The van der Waals surface area contributed by atoms with Crippen molar-refractivity contribution in [2.45, 2.75) is 36.7 Å². The number of amides is 1. The minimum absolute atomic E-state index is 0.136. The maximum absolute atomic E-state index is 13.4. The van der Waals surface area contributed by atoms with E-state index in [0.717, 1.165) is 46.2 Å². The Balaban J connectivity index is 1.47. The Kier molecular flexibility index (Phi) is 10.7. The van der Waals surface area contributed by atoms with Crippen LogP contribution in [0.3, 0.4) is 0 Å². The maximum atomic E-state index is 13.4. The average molecular weight is 571 g/mol. The number of hydrogen-bond donors (Lipinski definition) is 1. The van der Waals surface area contributed by atoms with Crippen LogP contribution < -0.4 is 10.1 Å². The number of nitrogens with one attached hydrogen (secondary N) is 1. The summed E-state index contributed by atoms with van der Waals surface area (Å²) in [7, 11) is 5.69. The van der Waals surface area contributed by atoms with E-state index in [1.54, 1.807) is 18.9 Å². The van der Waals surface area contributed by atoms with Gasteiger partial charge >= 0.3 is 0 Å². The van der Waals surface area contributed by atoms with Gasteiger partial charge in [0.2, 0.25) is 0 Å². The van der Waals surface area contributed by atoms with Gasteiger partial charge in [-0.25, -0.2) is 4.98 Å². The number of ether oxygens (including phenoxy) is 2. The molecule has 11 heteroatoms. The lowest BCUT2D eigenvalue weighted by atomic mass is 10.1. The molecule has 0 spiro atoms. The van der Waals surface area contributed by atoms with Crippen LogP contribution in [0, 0.1) is 0 Å². The zero-order valence-electron chi connectivity index (χ0n) is 22.5. The van der Waals surface area contributed by atoms with E-state index in [9.17, 15) is 9.59 Å². The van der Waals surface area contributed by atoms with E-state index in [1.165, 1.54) is 11.3 Å². The highest BCUT2D eigenvalue weighted by molar-refractivity contribution is 7.99. The number of oxime groups is 1. The molecule has 0 unspecified atom stereocenters. The van der Waals surface area contributed by atoms with Gasteiger partial charge in [-0.15, -0.1) is 11.8 Å². The quantitative estimate of drug-likeness (QED) is 0.127. The molecule has 2 aromatic carbocycles. The van der Waals surface area contributed by atoms with Gasteiger partial charge < -0.3 is 19.2 Å².